The molecule has 0 bridgehead atoms. The van der Waals surface area contributed by atoms with Crippen molar-refractivity contribution in [2.45, 2.75) is 4.90 Å². The van der Waals surface area contributed by atoms with Gasteiger partial charge in [0.1, 0.15) is 5.75 Å². The Morgan fingerprint density at radius 3 is 2.75 bits per heavy atom. The lowest BCUT2D eigenvalue weighted by molar-refractivity contribution is 0.413. The van der Waals surface area contributed by atoms with Gasteiger partial charge in [-0.05, 0) is 24.1 Å². The minimum absolute atomic E-state index is 0.749. The van der Waals surface area contributed by atoms with Crippen molar-refractivity contribution in [3.05, 3.63) is 48.8 Å². The summed E-state index contributed by atoms with van der Waals surface area (Å²) < 4.78 is 8.30. The lowest BCUT2D eigenvalue weighted by Gasteiger charge is -2.06. The molecule has 0 radical (unpaired) electrons. The fraction of sp³-hybridized carbons (Fsp3) is 0.0833. The standard InChI is InChI=1S/C12H12N2OS/c1-15-11-7-10(8-13-9-11)14-16-12-5-3-2-4-6-12/h2-9,14H,1H3. The molecule has 0 aliphatic heterocycles. The molecule has 1 N–H and O–H groups in total. The highest BCUT2D eigenvalue weighted by Gasteiger charge is 1.97. The second-order valence-corrected chi connectivity index (χ2v) is 4.01. The van der Waals surface area contributed by atoms with Crippen molar-refractivity contribution in [1.82, 2.24) is 4.98 Å². The number of rotatable bonds is 4. The Bertz CT molecular complexity index is 448. The molecule has 0 atom stereocenters. The Kier molecular flexibility index (Phi) is 3.66. The SMILES string of the molecule is COc1cncc(NSc2ccccc2)c1. The van der Waals surface area contributed by atoms with Crippen LogP contribution in [0.1, 0.15) is 0 Å². The van der Waals surface area contributed by atoms with Gasteiger partial charge in [-0.1, -0.05) is 18.2 Å². The van der Waals surface area contributed by atoms with E-state index in [-0.39, 0.29) is 0 Å². The molecule has 1 aromatic carbocycles. The van der Waals surface area contributed by atoms with Gasteiger partial charge in [-0.3, -0.25) is 4.98 Å². The number of hydrogen-bond donors (Lipinski definition) is 1. The summed E-state index contributed by atoms with van der Waals surface area (Å²) in [7, 11) is 1.63. The molecule has 0 saturated carbocycles. The number of methoxy groups -OCH3 is 1. The van der Waals surface area contributed by atoms with E-state index in [1.807, 2.05) is 36.4 Å². The van der Waals surface area contributed by atoms with Crippen molar-refractivity contribution in [2.75, 3.05) is 11.8 Å². The van der Waals surface area contributed by atoms with E-state index in [1.165, 1.54) is 0 Å². The molecule has 3 nitrogen and oxygen atoms in total. The highest BCUT2D eigenvalue weighted by molar-refractivity contribution is 8.00. The Balaban J connectivity index is 1.99. The van der Waals surface area contributed by atoms with E-state index >= 15 is 0 Å². The van der Waals surface area contributed by atoms with Crippen LogP contribution in [0.3, 0.4) is 0 Å². The summed E-state index contributed by atoms with van der Waals surface area (Å²) in [6.45, 7) is 0. The van der Waals surface area contributed by atoms with Crippen LogP contribution >= 0.6 is 11.9 Å². The van der Waals surface area contributed by atoms with Gasteiger partial charge in [-0.25, -0.2) is 0 Å². The van der Waals surface area contributed by atoms with Crippen molar-refractivity contribution in [1.29, 1.82) is 0 Å². The summed E-state index contributed by atoms with van der Waals surface area (Å²) in [5.74, 6) is 0.749. The highest BCUT2D eigenvalue weighted by atomic mass is 32.2. The number of anilines is 1. The number of hydrogen-bond acceptors (Lipinski definition) is 4. The van der Waals surface area contributed by atoms with Crippen LogP contribution in [0.25, 0.3) is 0 Å². The number of pyridine rings is 1. The van der Waals surface area contributed by atoms with Crippen molar-refractivity contribution >= 4 is 17.6 Å². The highest BCUT2D eigenvalue weighted by Crippen LogP contribution is 2.22. The summed E-state index contributed by atoms with van der Waals surface area (Å²) in [6, 6.07) is 12.0. The second-order valence-electron chi connectivity index (χ2n) is 3.13. The van der Waals surface area contributed by atoms with E-state index < -0.39 is 0 Å². The quantitative estimate of drug-likeness (QED) is 0.821. The van der Waals surface area contributed by atoms with Crippen LogP contribution in [0.15, 0.2) is 53.7 Å². The van der Waals surface area contributed by atoms with E-state index in [2.05, 4.69) is 9.71 Å². The van der Waals surface area contributed by atoms with Crippen LogP contribution < -0.4 is 9.46 Å². The third-order valence-corrected chi connectivity index (χ3v) is 2.82. The molecule has 1 heterocycles. The van der Waals surface area contributed by atoms with E-state index in [9.17, 15) is 0 Å². The fourth-order valence-electron chi connectivity index (χ4n) is 1.19. The maximum Gasteiger partial charge on any atom is 0.139 e. The van der Waals surface area contributed by atoms with Crippen molar-refractivity contribution in [2.24, 2.45) is 0 Å². The van der Waals surface area contributed by atoms with E-state index in [4.69, 9.17) is 4.74 Å². The number of benzene rings is 1. The van der Waals surface area contributed by atoms with Gasteiger partial charge < -0.3 is 9.46 Å². The summed E-state index contributed by atoms with van der Waals surface area (Å²) >= 11 is 1.55. The van der Waals surface area contributed by atoms with Crippen molar-refractivity contribution < 1.29 is 4.74 Å². The van der Waals surface area contributed by atoms with Crippen LogP contribution in [0.4, 0.5) is 5.69 Å². The Morgan fingerprint density at radius 1 is 1.19 bits per heavy atom. The first-order valence-corrected chi connectivity index (χ1v) is 5.67. The van der Waals surface area contributed by atoms with Crippen molar-refractivity contribution in [3.8, 4) is 5.75 Å². The predicted molar refractivity (Wildman–Crippen MR) is 66.7 cm³/mol. The number of ether oxygens (including phenoxy) is 1. The summed E-state index contributed by atoms with van der Waals surface area (Å²) in [4.78, 5) is 5.22. The van der Waals surface area contributed by atoms with E-state index in [0.717, 1.165) is 16.3 Å². The van der Waals surface area contributed by atoms with Gasteiger partial charge in [0.2, 0.25) is 0 Å². The molecule has 16 heavy (non-hydrogen) atoms. The Morgan fingerprint density at radius 2 is 2.00 bits per heavy atom. The zero-order valence-electron chi connectivity index (χ0n) is 8.88. The van der Waals surface area contributed by atoms with Crippen molar-refractivity contribution in [3.63, 3.8) is 0 Å². The maximum absolute atomic E-state index is 5.10. The average Bonchev–Trinajstić information content (AvgIpc) is 2.38. The second kappa shape index (κ2) is 5.42. The molecule has 2 rings (SSSR count). The molecule has 0 aliphatic rings. The first kappa shape index (κ1) is 10.8. The summed E-state index contributed by atoms with van der Waals surface area (Å²) in [5.41, 5.74) is 0.924. The van der Waals surface area contributed by atoms with Crippen LogP contribution in [-0.2, 0) is 0 Å². The Labute approximate surface area is 99.0 Å². The minimum Gasteiger partial charge on any atom is -0.495 e. The zero-order chi connectivity index (χ0) is 11.2. The van der Waals surface area contributed by atoms with Crippen LogP contribution in [0.2, 0.25) is 0 Å². The normalized spacial score (nSPS) is 9.81. The monoisotopic (exact) mass is 232 g/mol. The molecule has 0 amide bonds. The third kappa shape index (κ3) is 2.90. The lowest BCUT2D eigenvalue weighted by Crippen LogP contribution is -1.90. The molecule has 1 aromatic heterocycles. The zero-order valence-corrected chi connectivity index (χ0v) is 9.70. The van der Waals surface area contributed by atoms with Crippen LogP contribution in [0.5, 0.6) is 5.75 Å². The molecule has 4 heteroatoms. The van der Waals surface area contributed by atoms with E-state index in [0.29, 0.717) is 0 Å². The Hall–Kier alpha value is -1.68. The van der Waals surface area contributed by atoms with Crippen LogP contribution in [0, 0.1) is 0 Å². The minimum atomic E-state index is 0.749. The van der Waals surface area contributed by atoms with Gasteiger partial charge in [-0.2, -0.15) is 0 Å². The largest absolute Gasteiger partial charge is 0.495 e. The molecular weight excluding hydrogens is 220 g/mol. The molecule has 82 valence electrons. The molecule has 0 fully saturated rings. The topological polar surface area (TPSA) is 34.1 Å². The third-order valence-electron chi connectivity index (χ3n) is 1.98. The number of nitrogens with one attached hydrogen (secondary N) is 1. The van der Waals surface area contributed by atoms with Gasteiger partial charge >= 0.3 is 0 Å². The van der Waals surface area contributed by atoms with Gasteiger partial charge in [0.05, 0.1) is 25.2 Å². The molecule has 0 aliphatic carbocycles. The van der Waals surface area contributed by atoms with Crippen LogP contribution in [-0.4, -0.2) is 12.1 Å². The molecule has 2 aromatic rings. The fourth-order valence-corrected chi connectivity index (χ4v) is 1.83. The first-order chi connectivity index (χ1) is 7.88. The smallest absolute Gasteiger partial charge is 0.139 e. The molecule has 0 saturated heterocycles. The first-order valence-electron chi connectivity index (χ1n) is 4.85. The van der Waals surface area contributed by atoms with E-state index in [1.54, 1.807) is 31.5 Å². The maximum atomic E-state index is 5.10. The van der Waals surface area contributed by atoms with Gasteiger partial charge in [-0.15, -0.1) is 0 Å². The molecule has 0 unspecified atom stereocenters. The van der Waals surface area contributed by atoms with Gasteiger partial charge in [0, 0.05) is 11.0 Å². The lowest BCUT2D eigenvalue weighted by atomic mass is 10.4. The summed E-state index contributed by atoms with van der Waals surface area (Å²) in [5, 5.41) is 0. The summed E-state index contributed by atoms with van der Waals surface area (Å²) in [6.07, 6.45) is 3.44. The number of nitrogens with zero attached hydrogens (tertiary/aromatic N) is 1. The van der Waals surface area contributed by atoms with Gasteiger partial charge in [0.15, 0.2) is 0 Å². The average molecular weight is 232 g/mol. The van der Waals surface area contributed by atoms with Gasteiger partial charge in [0.25, 0.3) is 0 Å². The predicted octanol–water partition coefficient (Wildman–Crippen LogP) is 3.21. The molecule has 0 spiro atoms. The number of aromatic nitrogens is 1. The molecular formula is C12H12N2OS.